The van der Waals surface area contributed by atoms with E-state index in [2.05, 4.69) is 76.2 Å². The van der Waals surface area contributed by atoms with Gasteiger partial charge in [-0.25, -0.2) is 0 Å². The van der Waals surface area contributed by atoms with Gasteiger partial charge in [-0.1, -0.05) is 32.1 Å². The number of nitrogens with zero attached hydrogens (tertiary/aromatic N) is 2. The Hall–Kier alpha value is -3.97. The average Bonchev–Trinajstić information content (AvgIpc) is 3.34. The van der Waals surface area contributed by atoms with E-state index in [9.17, 15) is 4.79 Å². The van der Waals surface area contributed by atoms with Crippen molar-refractivity contribution in [2.24, 2.45) is 0 Å². The van der Waals surface area contributed by atoms with Crippen LogP contribution < -0.4 is 16.0 Å². The molecule has 36 heavy (non-hydrogen) atoms. The van der Waals surface area contributed by atoms with Crippen molar-refractivity contribution in [2.75, 3.05) is 18.9 Å². The van der Waals surface area contributed by atoms with Gasteiger partial charge in [-0.2, -0.15) is 5.10 Å². The second-order valence-corrected chi connectivity index (χ2v) is 9.15. The molecular weight excluding hydrogens is 448 g/mol. The van der Waals surface area contributed by atoms with Crippen LogP contribution in [0.15, 0.2) is 54.9 Å². The number of anilines is 1. The van der Waals surface area contributed by atoms with Crippen molar-refractivity contribution in [1.29, 1.82) is 0 Å². The molecule has 0 bridgehead atoms. The second-order valence-electron chi connectivity index (χ2n) is 9.15. The normalized spacial score (nSPS) is 14.8. The standard InChI is InChI=1S/C29H32N6O/c1-5-18-13-26(33-25-9-7-8-21(27(18)25)29(36)30-4)28-22-12-19(10-11-24(22)34-35-28)23-16-32-15-20(17(23)3)14-31-6-2/h7-13,15-16,18,31,33H,5-6,14H2,1-4H3,(H,30,36)(H,34,35). The van der Waals surface area contributed by atoms with Gasteiger partial charge < -0.3 is 16.0 Å². The third-order valence-electron chi connectivity index (χ3n) is 7.04. The Morgan fingerprint density at radius 3 is 2.78 bits per heavy atom. The number of rotatable bonds is 7. The number of aromatic amines is 1. The summed E-state index contributed by atoms with van der Waals surface area (Å²) < 4.78 is 0. The van der Waals surface area contributed by atoms with Gasteiger partial charge in [0, 0.05) is 54.1 Å². The van der Waals surface area contributed by atoms with Crippen LogP contribution in [0.2, 0.25) is 0 Å². The molecule has 3 heterocycles. The summed E-state index contributed by atoms with van der Waals surface area (Å²) in [5, 5.41) is 18.6. The molecule has 0 aliphatic carbocycles. The maximum absolute atomic E-state index is 12.5. The summed E-state index contributed by atoms with van der Waals surface area (Å²) in [5.41, 5.74) is 10.1. The number of carbonyl (C=O) groups is 1. The van der Waals surface area contributed by atoms with Gasteiger partial charge in [0.2, 0.25) is 0 Å². The molecule has 7 nitrogen and oxygen atoms in total. The molecule has 1 atom stereocenters. The highest BCUT2D eigenvalue weighted by Gasteiger charge is 2.26. The van der Waals surface area contributed by atoms with Gasteiger partial charge in [0.25, 0.3) is 5.91 Å². The Bertz CT molecular complexity index is 1470. The summed E-state index contributed by atoms with van der Waals surface area (Å²) in [7, 11) is 1.67. The first-order valence-corrected chi connectivity index (χ1v) is 12.5. The molecule has 2 aromatic carbocycles. The van der Waals surface area contributed by atoms with Crippen LogP contribution in [-0.4, -0.2) is 34.7 Å². The Labute approximate surface area is 211 Å². The number of pyridine rings is 1. The minimum Gasteiger partial charge on any atom is -0.355 e. The van der Waals surface area contributed by atoms with E-state index in [1.165, 1.54) is 11.1 Å². The molecule has 1 aliphatic heterocycles. The molecule has 0 fully saturated rings. The Morgan fingerprint density at radius 1 is 1.14 bits per heavy atom. The number of hydrogen-bond acceptors (Lipinski definition) is 5. The van der Waals surface area contributed by atoms with Crippen LogP contribution in [0.3, 0.4) is 0 Å². The van der Waals surface area contributed by atoms with Crippen LogP contribution >= 0.6 is 0 Å². The lowest BCUT2D eigenvalue weighted by Gasteiger charge is -2.27. The summed E-state index contributed by atoms with van der Waals surface area (Å²) >= 11 is 0. The van der Waals surface area contributed by atoms with E-state index in [1.807, 2.05) is 30.6 Å². The molecular formula is C29H32N6O. The maximum atomic E-state index is 12.5. The average molecular weight is 481 g/mol. The van der Waals surface area contributed by atoms with Crippen molar-refractivity contribution >= 4 is 28.2 Å². The fourth-order valence-electron chi connectivity index (χ4n) is 5.02. The van der Waals surface area contributed by atoms with Crippen molar-refractivity contribution in [3.05, 3.63) is 82.8 Å². The van der Waals surface area contributed by atoms with E-state index in [0.717, 1.165) is 64.2 Å². The zero-order chi connectivity index (χ0) is 25.2. The number of nitrogens with one attached hydrogen (secondary N) is 4. The molecule has 1 amide bonds. The van der Waals surface area contributed by atoms with Crippen molar-refractivity contribution in [1.82, 2.24) is 25.8 Å². The molecule has 184 valence electrons. The molecule has 4 aromatic rings. The minimum absolute atomic E-state index is 0.0702. The van der Waals surface area contributed by atoms with Gasteiger partial charge in [0.05, 0.1) is 11.2 Å². The number of aromatic nitrogens is 3. The van der Waals surface area contributed by atoms with E-state index in [4.69, 9.17) is 0 Å². The van der Waals surface area contributed by atoms with Gasteiger partial charge in [0.15, 0.2) is 0 Å². The summed E-state index contributed by atoms with van der Waals surface area (Å²) in [4.78, 5) is 17.0. The van der Waals surface area contributed by atoms with Crippen molar-refractivity contribution in [3.8, 4) is 11.1 Å². The zero-order valence-corrected chi connectivity index (χ0v) is 21.2. The van der Waals surface area contributed by atoms with E-state index in [0.29, 0.717) is 5.56 Å². The first-order valence-electron chi connectivity index (χ1n) is 12.5. The number of allylic oxidation sites excluding steroid dienone is 1. The highest BCUT2D eigenvalue weighted by molar-refractivity contribution is 6.01. The van der Waals surface area contributed by atoms with Crippen LogP contribution in [0, 0.1) is 6.92 Å². The van der Waals surface area contributed by atoms with Crippen molar-refractivity contribution in [3.63, 3.8) is 0 Å². The number of amides is 1. The summed E-state index contributed by atoms with van der Waals surface area (Å²) in [5.74, 6) is 0.0352. The van der Waals surface area contributed by atoms with Crippen molar-refractivity contribution in [2.45, 2.75) is 39.7 Å². The SMILES string of the molecule is CCNCc1cncc(-c2ccc3[nH]nc(C4=CC(CC)c5c(cccc5C(=O)NC)N4)c3c2)c1C. The molecule has 4 N–H and O–H groups in total. The van der Waals surface area contributed by atoms with E-state index in [-0.39, 0.29) is 11.8 Å². The summed E-state index contributed by atoms with van der Waals surface area (Å²) in [6.45, 7) is 8.13. The topological polar surface area (TPSA) is 94.7 Å². The summed E-state index contributed by atoms with van der Waals surface area (Å²) in [6, 6.07) is 12.2. The molecule has 0 radical (unpaired) electrons. The lowest BCUT2D eigenvalue weighted by Crippen LogP contribution is -2.22. The van der Waals surface area contributed by atoms with E-state index < -0.39 is 0 Å². The molecule has 1 unspecified atom stereocenters. The largest absolute Gasteiger partial charge is 0.355 e. The summed E-state index contributed by atoms with van der Waals surface area (Å²) in [6.07, 6.45) is 6.95. The fourth-order valence-corrected chi connectivity index (χ4v) is 5.02. The first-order chi connectivity index (χ1) is 17.5. The zero-order valence-electron chi connectivity index (χ0n) is 21.2. The number of hydrogen-bond donors (Lipinski definition) is 4. The van der Waals surface area contributed by atoms with Crippen LogP contribution in [0.4, 0.5) is 5.69 Å². The highest BCUT2D eigenvalue weighted by atomic mass is 16.1. The van der Waals surface area contributed by atoms with E-state index >= 15 is 0 Å². The lowest BCUT2D eigenvalue weighted by molar-refractivity contribution is 0.0962. The number of H-pyrrole nitrogens is 1. The molecule has 1 aliphatic rings. The van der Waals surface area contributed by atoms with Gasteiger partial charge >= 0.3 is 0 Å². The number of fused-ring (bicyclic) bond motifs is 2. The van der Waals surface area contributed by atoms with Gasteiger partial charge in [-0.05, 0) is 66.4 Å². The molecule has 5 rings (SSSR count). The Kier molecular flexibility index (Phi) is 6.57. The quantitative estimate of drug-likeness (QED) is 0.286. The highest BCUT2D eigenvalue weighted by Crippen LogP contribution is 2.40. The second kappa shape index (κ2) is 9.95. The van der Waals surface area contributed by atoms with Crippen LogP contribution in [0.5, 0.6) is 0 Å². The Morgan fingerprint density at radius 2 is 2.00 bits per heavy atom. The molecule has 0 saturated heterocycles. The minimum atomic E-state index is -0.0702. The molecule has 7 heteroatoms. The van der Waals surface area contributed by atoms with Crippen LogP contribution in [0.1, 0.15) is 58.9 Å². The van der Waals surface area contributed by atoms with Gasteiger partial charge in [-0.15, -0.1) is 0 Å². The van der Waals surface area contributed by atoms with Gasteiger partial charge in [0.1, 0.15) is 5.69 Å². The third kappa shape index (κ3) is 4.16. The molecule has 0 spiro atoms. The third-order valence-corrected chi connectivity index (χ3v) is 7.04. The number of carbonyl (C=O) groups excluding carboxylic acids is 1. The lowest BCUT2D eigenvalue weighted by atomic mass is 9.86. The van der Waals surface area contributed by atoms with Crippen molar-refractivity contribution < 1.29 is 4.79 Å². The van der Waals surface area contributed by atoms with Gasteiger partial charge in [-0.3, -0.25) is 14.9 Å². The predicted molar refractivity (Wildman–Crippen MR) is 146 cm³/mol. The fraction of sp³-hybridized carbons (Fsp3) is 0.276. The Balaban J connectivity index is 1.57. The van der Waals surface area contributed by atoms with Crippen LogP contribution in [0.25, 0.3) is 27.7 Å². The smallest absolute Gasteiger partial charge is 0.251 e. The van der Waals surface area contributed by atoms with Crippen LogP contribution in [-0.2, 0) is 6.54 Å². The monoisotopic (exact) mass is 480 g/mol. The molecule has 0 saturated carbocycles. The maximum Gasteiger partial charge on any atom is 0.251 e. The molecule has 2 aromatic heterocycles. The first kappa shape index (κ1) is 23.8. The predicted octanol–water partition coefficient (Wildman–Crippen LogP) is 5.36. The number of benzene rings is 2. The van der Waals surface area contributed by atoms with E-state index in [1.54, 1.807) is 7.05 Å².